The monoisotopic (exact) mass is 430 g/mol. The van der Waals surface area contributed by atoms with E-state index in [1.165, 1.54) is 23.0 Å². The number of nitrogens with zero attached hydrogens (tertiary/aromatic N) is 5. The quantitative estimate of drug-likeness (QED) is 0.280. The lowest BCUT2D eigenvalue weighted by molar-refractivity contribution is -0.0511. The van der Waals surface area contributed by atoms with Gasteiger partial charge < -0.3 is 31.1 Å². The predicted octanol–water partition coefficient (Wildman–Crippen LogP) is -0.807. The maximum absolute atomic E-state index is 12.2. The fraction of sp³-hybridized carbons (Fsp3) is 0.333. The van der Waals surface area contributed by atoms with Crippen molar-refractivity contribution in [2.45, 2.75) is 24.5 Å². The topological polar surface area (TPSA) is 184 Å². The molecule has 2 aromatic heterocycles. The minimum absolute atomic E-state index is 0.0441. The van der Waals surface area contributed by atoms with Gasteiger partial charge in [-0.1, -0.05) is 18.2 Å². The van der Waals surface area contributed by atoms with Gasteiger partial charge >= 0.3 is 6.03 Å². The van der Waals surface area contributed by atoms with Crippen molar-refractivity contribution in [2.75, 3.05) is 29.7 Å². The molecule has 164 valence electrons. The lowest BCUT2D eigenvalue weighted by Crippen LogP contribution is -2.43. The molecule has 0 bridgehead atoms. The van der Waals surface area contributed by atoms with E-state index >= 15 is 0 Å². The normalized spacial score (nSPS) is 23.1. The van der Waals surface area contributed by atoms with Crippen LogP contribution in [0.1, 0.15) is 6.23 Å². The molecule has 7 N–H and O–H groups in total. The van der Waals surface area contributed by atoms with E-state index in [-0.39, 0.29) is 22.9 Å². The van der Waals surface area contributed by atoms with Gasteiger partial charge in [0.15, 0.2) is 17.7 Å². The number of aliphatic hydroxyl groups is 3. The Morgan fingerprint density at radius 2 is 2.00 bits per heavy atom. The zero-order valence-corrected chi connectivity index (χ0v) is 16.5. The van der Waals surface area contributed by atoms with Crippen LogP contribution in [0.15, 0.2) is 36.7 Å². The second-order valence-corrected chi connectivity index (χ2v) is 6.95. The van der Waals surface area contributed by atoms with Gasteiger partial charge in [0.05, 0.1) is 12.9 Å². The molecule has 0 aliphatic carbocycles. The summed E-state index contributed by atoms with van der Waals surface area (Å²) in [6.45, 7) is -0.465. The van der Waals surface area contributed by atoms with Crippen LogP contribution < -0.4 is 21.5 Å². The summed E-state index contributed by atoms with van der Waals surface area (Å²) in [6.07, 6.45) is -3.25. The maximum Gasteiger partial charge on any atom is 0.338 e. The fourth-order valence-corrected chi connectivity index (χ4v) is 3.26. The number of hydrazine groups is 1. The number of nitrogens with two attached hydrogens (primary N) is 1. The van der Waals surface area contributed by atoms with Crippen molar-refractivity contribution in [1.82, 2.24) is 24.9 Å². The Balaban J connectivity index is 1.58. The van der Waals surface area contributed by atoms with Crippen molar-refractivity contribution in [2.24, 2.45) is 0 Å². The number of carbonyl (C=O) groups excluding carboxylic acids is 1. The van der Waals surface area contributed by atoms with E-state index in [1.54, 1.807) is 24.3 Å². The third kappa shape index (κ3) is 3.94. The van der Waals surface area contributed by atoms with Crippen LogP contribution in [-0.2, 0) is 4.74 Å². The SMILES string of the molecule is CN(NC(=O)Nc1ccccc1)c1nc(N)c2ncn([C@@H]3O[C@H](CO)[C@@H](O)[C@H]3O)c2n1. The van der Waals surface area contributed by atoms with Gasteiger partial charge in [-0.15, -0.1) is 0 Å². The summed E-state index contributed by atoms with van der Waals surface area (Å²) in [4.78, 5) is 24.9. The summed E-state index contributed by atoms with van der Waals surface area (Å²) in [5.74, 6) is 0.101. The van der Waals surface area contributed by atoms with Crippen LogP contribution in [0.5, 0.6) is 0 Å². The minimum atomic E-state index is -1.32. The smallest absolute Gasteiger partial charge is 0.338 e. The second kappa shape index (κ2) is 8.31. The molecule has 4 rings (SSSR count). The third-order valence-electron chi connectivity index (χ3n) is 4.83. The van der Waals surface area contributed by atoms with Gasteiger partial charge in [0.25, 0.3) is 0 Å². The van der Waals surface area contributed by atoms with Crippen LogP contribution in [0.2, 0.25) is 0 Å². The standard InChI is InChI=1S/C18H22N8O5/c1-25(24-18(30)21-9-5-3-2-4-6-9)17-22-14(19)11-15(23-17)26(8-20-11)16-13(29)12(28)10(7-27)31-16/h2-6,8,10,12-13,16,27-29H,7H2,1H3,(H2,19,22,23)(H2,21,24,30)/t10-,12-,13-,16-/m1/s1. The summed E-state index contributed by atoms with van der Waals surface area (Å²) in [7, 11) is 1.53. The number of nitrogens with one attached hydrogen (secondary N) is 2. The molecule has 0 unspecified atom stereocenters. The highest BCUT2D eigenvalue weighted by molar-refractivity contribution is 5.90. The van der Waals surface area contributed by atoms with E-state index in [4.69, 9.17) is 10.5 Å². The minimum Gasteiger partial charge on any atom is -0.394 e. The molecule has 13 nitrogen and oxygen atoms in total. The number of imidazole rings is 1. The molecule has 1 aromatic carbocycles. The first kappa shape index (κ1) is 20.7. The van der Waals surface area contributed by atoms with E-state index in [1.807, 2.05) is 6.07 Å². The molecule has 0 spiro atoms. The lowest BCUT2D eigenvalue weighted by atomic mass is 10.1. The van der Waals surface area contributed by atoms with Crippen LogP contribution in [0.3, 0.4) is 0 Å². The molecular weight excluding hydrogens is 408 g/mol. The molecule has 3 heterocycles. The van der Waals surface area contributed by atoms with Crippen LogP contribution in [0, 0.1) is 0 Å². The van der Waals surface area contributed by atoms with E-state index in [0.717, 1.165) is 0 Å². The second-order valence-electron chi connectivity index (χ2n) is 6.95. The van der Waals surface area contributed by atoms with Crippen molar-refractivity contribution >= 4 is 34.6 Å². The highest BCUT2D eigenvalue weighted by Crippen LogP contribution is 2.32. The third-order valence-corrected chi connectivity index (χ3v) is 4.83. The fourth-order valence-electron chi connectivity index (χ4n) is 3.26. The van der Waals surface area contributed by atoms with Crippen LogP contribution in [0.25, 0.3) is 11.2 Å². The van der Waals surface area contributed by atoms with Gasteiger partial charge in [0.1, 0.15) is 23.8 Å². The molecule has 1 aliphatic rings. The van der Waals surface area contributed by atoms with Crippen molar-refractivity contribution < 1.29 is 24.9 Å². The van der Waals surface area contributed by atoms with Gasteiger partial charge in [0.2, 0.25) is 5.95 Å². The average molecular weight is 430 g/mol. The molecule has 1 saturated heterocycles. The zero-order valence-electron chi connectivity index (χ0n) is 16.5. The number of urea groups is 1. The summed E-state index contributed by atoms with van der Waals surface area (Å²) in [5.41, 5.74) is 9.65. The maximum atomic E-state index is 12.2. The number of carbonyl (C=O) groups is 1. The first-order chi connectivity index (χ1) is 14.9. The van der Waals surface area contributed by atoms with Gasteiger partial charge in [-0.2, -0.15) is 9.97 Å². The number of aromatic nitrogens is 4. The number of para-hydroxylation sites is 1. The van der Waals surface area contributed by atoms with Crippen molar-refractivity contribution in [3.05, 3.63) is 36.7 Å². The first-order valence-electron chi connectivity index (χ1n) is 9.38. The van der Waals surface area contributed by atoms with Gasteiger partial charge in [-0.25, -0.2) is 15.2 Å². The van der Waals surface area contributed by atoms with Crippen LogP contribution in [0.4, 0.5) is 22.2 Å². The number of aliphatic hydroxyl groups excluding tert-OH is 3. The predicted molar refractivity (Wildman–Crippen MR) is 110 cm³/mol. The number of ether oxygens (including phenoxy) is 1. The van der Waals surface area contributed by atoms with Crippen molar-refractivity contribution in [3.63, 3.8) is 0 Å². The molecule has 3 aromatic rings. The van der Waals surface area contributed by atoms with Gasteiger partial charge in [-0.05, 0) is 12.1 Å². The summed E-state index contributed by atoms with van der Waals surface area (Å²) in [6, 6.07) is 8.36. The molecule has 0 radical (unpaired) electrons. The van der Waals surface area contributed by atoms with Crippen LogP contribution >= 0.6 is 0 Å². The largest absolute Gasteiger partial charge is 0.394 e. The number of hydrogen-bond acceptors (Lipinski definition) is 10. The number of rotatable bonds is 5. The van der Waals surface area contributed by atoms with E-state index in [2.05, 4.69) is 25.7 Å². The molecule has 1 aliphatic heterocycles. The van der Waals surface area contributed by atoms with Crippen molar-refractivity contribution in [3.8, 4) is 0 Å². The van der Waals surface area contributed by atoms with Gasteiger partial charge in [0, 0.05) is 12.7 Å². The molecule has 0 saturated carbocycles. The zero-order chi connectivity index (χ0) is 22.1. The summed E-state index contributed by atoms with van der Waals surface area (Å²) >= 11 is 0. The lowest BCUT2D eigenvalue weighted by Gasteiger charge is -2.20. The molecule has 1 fully saturated rings. The Morgan fingerprint density at radius 3 is 2.68 bits per heavy atom. The Labute approximate surface area is 176 Å². The molecule has 13 heteroatoms. The van der Waals surface area contributed by atoms with Crippen LogP contribution in [-0.4, -0.2) is 72.8 Å². The number of fused-ring (bicyclic) bond motifs is 1. The Bertz CT molecular complexity index is 1080. The number of anilines is 3. The molecular formula is C18H22N8O5. The van der Waals surface area contributed by atoms with E-state index in [0.29, 0.717) is 5.69 Å². The molecule has 2 amide bonds. The Kier molecular flexibility index (Phi) is 5.56. The number of nitrogen functional groups attached to an aromatic ring is 1. The molecule has 4 atom stereocenters. The number of amides is 2. The van der Waals surface area contributed by atoms with Gasteiger partial charge in [-0.3, -0.25) is 9.58 Å². The first-order valence-corrected chi connectivity index (χ1v) is 9.38. The Hall–Kier alpha value is -3.52. The number of hydrogen-bond donors (Lipinski definition) is 6. The summed E-state index contributed by atoms with van der Waals surface area (Å²) < 4.78 is 6.92. The average Bonchev–Trinajstić information content (AvgIpc) is 3.30. The molecule has 31 heavy (non-hydrogen) atoms. The number of benzene rings is 1. The highest BCUT2D eigenvalue weighted by Gasteiger charge is 2.44. The summed E-state index contributed by atoms with van der Waals surface area (Å²) in [5, 5.41) is 33.6. The Morgan fingerprint density at radius 1 is 1.26 bits per heavy atom. The van der Waals surface area contributed by atoms with E-state index < -0.39 is 37.2 Å². The highest BCUT2D eigenvalue weighted by atomic mass is 16.6. The van der Waals surface area contributed by atoms with Crippen molar-refractivity contribution in [1.29, 1.82) is 0 Å². The van der Waals surface area contributed by atoms with E-state index in [9.17, 15) is 20.1 Å².